The zero-order valence-electron chi connectivity index (χ0n) is 12.6. The van der Waals surface area contributed by atoms with Crippen molar-refractivity contribution >= 4 is 11.9 Å². The molecule has 21 heavy (non-hydrogen) atoms. The maximum absolute atomic E-state index is 12.9. The average molecular weight is 294 g/mol. The third-order valence-corrected chi connectivity index (χ3v) is 5.75. The van der Waals surface area contributed by atoms with E-state index in [0.717, 1.165) is 38.5 Å². The van der Waals surface area contributed by atoms with E-state index in [1.54, 1.807) is 4.90 Å². The summed E-state index contributed by atoms with van der Waals surface area (Å²) in [6, 6.07) is -0.557. The van der Waals surface area contributed by atoms with Crippen LogP contribution in [0.5, 0.6) is 0 Å². The molecule has 0 aromatic rings. The summed E-state index contributed by atoms with van der Waals surface area (Å²) >= 11 is 0. The summed E-state index contributed by atoms with van der Waals surface area (Å²) in [5, 5.41) is 9.33. The van der Waals surface area contributed by atoms with Crippen molar-refractivity contribution in [1.82, 2.24) is 4.90 Å². The number of hydrogen-bond donors (Lipinski definition) is 2. The van der Waals surface area contributed by atoms with E-state index in [0.29, 0.717) is 12.3 Å². The maximum atomic E-state index is 12.9. The molecule has 1 amide bonds. The van der Waals surface area contributed by atoms with E-state index >= 15 is 0 Å². The van der Waals surface area contributed by atoms with Gasteiger partial charge in [-0.25, -0.2) is 4.79 Å². The van der Waals surface area contributed by atoms with Crippen molar-refractivity contribution in [2.45, 2.75) is 81.8 Å². The molecular weight excluding hydrogens is 268 g/mol. The van der Waals surface area contributed by atoms with Gasteiger partial charge in [0.25, 0.3) is 0 Å². The molecule has 1 aliphatic carbocycles. The number of carbonyl (C=O) groups excluding carboxylic acids is 1. The van der Waals surface area contributed by atoms with Crippen molar-refractivity contribution in [2.24, 2.45) is 11.7 Å². The first-order valence-corrected chi connectivity index (χ1v) is 8.36. The van der Waals surface area contributed by atoms with Gasteiger partial charge in [-0.2, -0.15) is 0 Å². The number of carboxylic acid groups (broad SMARTS) is 1. The molecule has 3 rings (SSSR count). The Hall–Kier alpha value is -1.10. The zero-order chi connectivity index (χ0) is 15.0. The van der Waals surface area contributed by atoms with E-state index in [4.69, 9.17) is 5.73 Å². The minimum atomic E-state index is -0.882. The summed E-state index contributed by atoms with van der Waals surface area (Å²) in [4.78, 5) is 25.8. The fourth-order valence-corrected chi connectivity index (χ4v) is 4.60. The van der Waals surface area contributed by atoms with Gasteiger partial charge in [0.15, 0.2) is 0 Å². The lowest BCUT2D eigenvalue weighted by molar-refractivity contribution is -0.155. The molecule has 1 unspecified atom stereocenters. The molecule has 3 fully saturated rings. The standard InChI is InChI=1S/C16H26N2O3/c17-16(10-11-4-2-1-3-5-11)9-8-12-6-7-13(14(19)20)18(12)15(16)21/h11-13H,1-10,17H2,(H,19,20)/t12?,13-,16-/m0/s1. The highest BCUT2D eigenvalue weighted by molar-refractivity contribution is 5.91. The van der Waals surface area contributed by atoms with Crippen LogP contribution in [0.25, 0.3) is 0 Å². The largest absolute Gasteiger partial charge is 0.480 e. The van der Waals surface area contributed by atoms with Gasteiger partial charge < -0.3 is 15.7 Å². The van der Waals surface area contributed by atoms with Crippen LogP contribution in [-0.4, -0.2) is 39.5 Å². The van der Waals surface area contributed by atoms with Crippen LogP contribution in [0.2, 0.25) is 0 Å². The average Bonchev–Trinajstić information content (AvgIpc) is 2.89. The molecule has 3 atom stereocenters. The Morgan fingerprint density at radius 2 is 1.90 bits per heavy atom. The second-order valence-corrected chi connectivity index (χ2v) is 7.20. The minimum absolute atomic E-state index is 0.0987. The Morgan fingerprint density at radius 3 is 2.57 bits per heavy atom. The van der Waals surface area contributed by atoms with Gasteiger partial charge in [0, 0.05) is 6.04 Å². The summed E-state index contributed by atoms with van der Waals surface area (Å²) in [6.45, 7) is 0. The fraction of sp³-hybridized carbons (Fsp3) is 0.875. The van der Waals surface area contributed by atoms with E-state index in [1.165, 1.54) is 19.3 Å². The number of hydrogen-bond acceptors (Lipinski definition) is 3. The Kier molecular flexibility index (Phi) is 3.95. The number of fused-ring (bicyclic) bond motifs is 1. The molecule has 5 heteroatoms. The van der Waals surface area contributed by atoms with Crippen molar-refractivity contribution in [1.29, 1.82) is 0 Å². The second kappa shape index (κ2) is 5.59. The summed E-state index contributed by atoms with van der Waals surface area (Å²) in [5.74, 6) is -0.447. The number of rotatable bonds is 3. The van der Waals surface area contributed by atoms with Crippen LogP contribution in [0.15, 0.2) is 0 Å². The maximum Gasteiger partial charge on any atom is 0.326 e. The van der Waals surface area contributed by atoms with Gasteiger partial charge in [-0.05, 0) is 38.0 Å². The highest BCUT2D eigenvalue weighted by atomic mass is 16.4. The number of piperidine rings is 1. The van der Waals surface area contributed by atoms with Crippen LogP contribution in [0.4, 0.5) is 0 Å². The third-order valence-electron chi connectivity index (χ3n) is 5.75. The monoisotopic (exact) mass is 294 g/mol. The van der Waals surface area contributed by atoms with Crippen molar-refractivity contribution in [3.63, 3.8) is 0 Å². The molecule has 3 N–H and O–H groups in total. The van der Waals surface area contributed by atoms with E-state index in [-0.39, 0.29) is 11.9 Å². The third kappa shape index (κ3) is 2.68. The molecule has 0 aromatic carbocycles. The molecular formula is C16H26N2O3. The quantitative estimate of drug-likeness (QED) is 0.832. The first-order valence-electron chi connectivity index (χ1n) is 8.36. The molecule has 0 aromatic heterocycles. The van der Waals surface area contributed by atoms with Crippen molar-refractivity contribution in [3.05, 3.63) is 0 Å². The van der Waals surface area contributed by atoms with Crippen LogP contribution in [0.1, 0.15) is 64.2 Å². The van der Waals surface area contributed by atoms with Gasteiger partial charge >= 0.3 is 5.97 Å². The second-order valence-electron chi connectivity index (χ2n) is 7.20. The zero-order valence-corrected chi connectivity index (χ0v) is 12.6. The normalized spacial score (nSPS) is 37.6. The van der Waals surface area contributed by atoms with Crippen molar-refractivity contribution in [3.8, 4) is 0 Å². The summed E-state index contributed by atoms with van der Waals surface area (Å²) < 4.78 is 0. The Balaban J connectivity index is 1.74. The predicted molar refractivity (Wildman–Crippen MR) is 78.6 cm³/mol. The van der Waals surface area contributed by atoms with Crippen LogP contribution in [-0.2, 0) is 9.59 Å². The fourth-order valence-electron chi connectivity index (χ4n) is 4.60. The van der Waals surface area contributed by atoms with Crippen LogP contribution in [0.3, 0.4) is 0 Å². The van der Waals surface area contributed by atoms with E-state index in [1.807, 2.05) is 0 Å². The topological polar surface area (TPSA) is 83.6 Å². The van der Waals surface area contributed by atoms with Crippen LogP contribution >= 0.6 is 0 Å². The lowest BCUT2D eigenvalue weighted by atomic mass is 9.75. The molecule has 118 valence electrons. The number of amides is 1. The molecule has 2 heterocycles. The molecule has 0 bridgehead atoms. The molecule has 0 spiro atoms. The highest BCUT2D eigenvalue weighted by Crippen LogP contribution is 2.40. The van der Waals surface area contributed by atoms with Crippen molar-refractivity contribution < 1.29 is 14.7 Å². The first-order chi connectivity index (χ1) is 10.0. The van der Waals surface area contributed by atoms with Crippen LogP contribution in [0, 0.1) is 5.92 Å². The number of carbonyl (C=O) groups is 2. The summed E-state index contributed by atoms with van der Waals surface area (Å²) in [5.41, 5.74) is 5.64. The van der Waals surface area contributed by atoms with Gasteiger partial charge in [-0.1, -0.05) is 32.1 Å². The molecule has 5 nitrogen and oxygen atoms in total. The highest BCUT2D eigenvalue weighted by Gasteiger charge is 2.51. The molecule has 0 radical (unpaired) electrons. The minimum Gasteiger partial charge on any atom is -0.480 e. The predicted octanol–water partition coefficient (Wildman–Crippen LogP) is 1.89. The van der Waals surface area contributed by atoms with Gasteiger partial charge in [0.2, 0.25) is 5.91 Å². The van der Waals surface area contributed by atoms with E-state index in [2.05, 4.69) is 0 Å². The molecule has 3 aliphatic rings. The molecule has 2 aliphatic heterocycles. The summed E-state index contributed by atoms with van der Waals surface area (Å²) in [6.07, 6.45) is 9.79. The molecule has 2 saturated heterocycles. The first kappa shape index (κ1) is 14.8. The Labute approximate surface area is 125 Å². The van der Waals surface area contributed by atoms with Gasteiger partial charge in [0.1, 0.15) is 6.04 Å². The van der Waals surface area contributed by atoms with E-state index < -0.39 is 17.6 Å². The Bertz CT molecular complexity index is 433. The Morgan fingerprint density at radius 1 is 1.19 bits per heavy atom. The van der Waals surface area contributed by atoms with Gasteiger partial charge in [-0.3, -0.25) is 4.79 Å². The number of nitrogens with zero attached hydrogens (tertiary/aromatic N) is 1. The summed E-state index contributed by atoms with van der Waals surface area (Å²) in [7, 11) is 0. The lowest BCUT2D eigenvalue weighted by Gasteiger charge is -2.44. The van der Waals surface area contributed by atoms with Gasteiger partial charge in [-0.15, -0.1) is 0 Å². The van der Waals surface area contributed by atoms with Crippen LogP contribution < -0.4 is 5.73 Å². The SMILES string of the molecule is N[C@]1(CC2CCCCC2)CCC2CC[C@@H](C(=O)O)N2C1=O. The van der Waals surface area contributed by atoms with Crippen molar-refractivity contribution in [2.75, 3.05) is 0 Å². The number of carboxylic acids is 1. The lowest BCUT2D eigenvalue weighted by Crippen LogP contribution is -2.63. The van der Waals surface area contributed by atoms with Gasteiger partial charge in [0.05, 0.1) is 5.54 Å². The number of nitrogens with two attached hydrogens (primary N) is 1. The number of aliphatic carboxylic acids is 1. The smallest absolute Gasteiger partial charge is 0.326 e. The van der Waals surface area contributed by atoms with E-state index in [9.17, 15) is 14.7 Å². The molecule has 1 saturated carbocycles.